The molecule has 0 bridgehead atoms. The number of nitrogens with zero attached hydrogens (tertiary/aromatic N) is 3. The summed E-state index contributed by atoms with van der Waals surface area (Å²) < 4.78 is 19.4. The highest BCUT2D eigenvalue weighted by atomic mass is 19.1. The molecule has 1 N–H and O–H groups in total. The topological polar surface area (TPSA) is 61.5 Å². The first-order valence-electron chi connectivity index (χ1n) is 9.88. The minimum absolute atomic E-state index is 0.0667. The minimum atomic E-state index is -0.336. The monoisotopic (exact) mass is 386 g/mol. The van der Waals surface area contributed by atoms with Crippen molar-refractivity contribution in [2.45, 2.75) is 45.3 Å². The number of benzene rings is 1. The molecule has 0 saturated carbocycles. The molecule has 1 spiro atoms. The third-order valence-corrected chi connectivity index (χ3v) is 6.04. The summed E-state index contributed by atoms with van der Waals surface area (Å²) in [4.78, 5) is 16.6. The quantitative estimate of drug-likeness (QED) is 0.881. The third-order valence-electron chi connectivity index (χ3n) is 6.04. The number of aromatic amines is 1. The first-order valence-corrected chi connectivity index (χ1v) is 9.88. The first kappa shape index (κ1) is 19.1. The number of aryl methyl sites for hydroxylation is 2. The maximum atomic E-state index is 13.3. The number of hydrogen-bond acceptors (Lipinski definition) is 4. The summed E-state index contributed by atoms with van der Waals surface area (Å²) in [5.41, 5.74) is 3.85. The van der Waals surface area contributed by atoms with Crippen LogP contribution in [0.3, 0.4) is 0 Å². The van der Waals surface area contributed by atoms with Crippen LogP contribution in [-0.2, 0) is 16.1 Å². The molecule has 1 aromatic heterocycles. The van der Waals surface area contributed by atoms with Crippen LogP contribution in [0, 0.1) is 19.7 Å². The molecule has 0 radical (unpaired) electrons. The Bertz CT molecular complexity index is 831. The van der Waals surface area contributed by atoms with Gasteiger partial charge in [-0.3, -0.25) is 14.8 Å². The third kappa shape index (κ3) is 3.82. The highest BCUT2D eigenvalue weighted by Crippen LogP contribution is 2.33. The molecule has 4 rings (SSSR count). The molecular weight excluding hydrogens is 359 g/mol. The van der Waals surface area contributed by atoms with Crippen molar-refractivity contribution in [1.29, 1.82) is 0 Å². The van der Waals surface area contributed by atoms with Crippen molar-refractivity contribution in [3.8, 4) is 0 Å². The van der Waals surface area contributed by atoms with Gasteiger partial charge in [0.15, 0.2) is 0 Å². The van der Waals surface area contributed by atoms with Gasteiger partial charge in [-0.25, -0.2) is 4.39 Å². The highest BCUT2D eigenvalue weighted by Gasteiger charge is 2.41. The van der Waals surface area contributed by atoms with E-state index in [1.54, 1.807) is 17.0 Å². The number of likely N-dealkylation sites (tertiary alicyclic amines) is 1. The summed E-state index contributed by atoms with van der Waals surface area (Å²) in [6.45, 7) is 7.49. The molecule has 1 amide bonds. The Hall–Kier alpha value is -2.25. The lowest BCUT2D eigenvalue weighted by atomic mass is 9.92. The number of ether oxygens (including phenoxy) is 1. The fourth-order valence-corrected chi connectivity index (χ4v) is 4.29. The van der Waals surface area contributed by atoms with Gasteiger partial charge in [-0.2, -0.15) is 5.10 Å². The average Bonchev–Trinajstić information content (AvgIpc) is 2.89. The molecule has 0 aliphatic carbocycles. The van der Waals surface area contributed by atoms with E-state index in [1.165, 1.54) is 17.7 Å². The number of hydrogen-bond donors (Lipinski definition) is 1. The molecule has 1 aromatic carbocycles. The van der Waals surface area contributed by atoms with Gasteiger partial charge in [0.25, 0.3) is 5.91 Å². The van der Waals surface area contributed by atoms with Crippen LogP contribution < -0.4 is 4.90 Å². The van der Waals surface area contributed by atoms with Crippen molar-refractivity contribution in [2.24, 2.45) is 0 Å². The zero-order valence-corrected chi connectivity index (χ0v) is 16.5. The standard InChI is InChI=1S/C21H27FN4O2/c1-15-19(16(2)24-23-15)12-25-10-3-8-21(9-11-25)14-26(20(27)13-28-21)18-6-4-17(22)5-7-18/h4-7H,3,8-14H2,1-2H3,(H,23,24). The van der Waals surface area contributed by atoms with Crippen LogP contribution in [0.2, 0.25) is 0 Å². The number of amides is 1. The van der Waals surface area contributed by atoms with Crippen LogP contribution in [0.15, 0.2) is 24.3 Å². The number of anilines is 1. The second kappa shape index (κ2) is 7.64. The van der Waals surface area contributed by atoms with Gasteiger partial charge in [-0.1, -0.05) is 0 Å². The molecule has 2 aromatic rings. The number of halogens is 1. The summed E-state index contributed by atoms with van der Waals surface area (Å²) in [6.07, 6.45) is 2.80. The molecule has 2 saturated heterocycles. The maximum absolute atomic E-state index is 13.3. The second-order valence-electron chi connectivity index (χ2n) is 7.97. The number of carbonyl (C=O) groups excluding carboxylic acids is 1. The van der Waals surface area contributed by atoms with E-state index in [0.29, 0.717) is 6.54 Å². The molecule has 2 aliphatic heterocycles. The van der Waals surface area contributed by atoms with E-state index in [-0.39, 0.29) is 23.9 Å². The summed E-state index contributed by atoms with van der Waals surface area (Å²) >= 11 is 0. The first-order chi connectivity index (χ1) is 13.5. The number of aromatic nitrogens is 2. The molecule has 28 heavy (non-hydrogen) atoms. The fraction of sp³-hybridized carbons (Fsp3) is 0.524. The van der Waals surface area contributed by atoms with Crippen molar-refractivity contribution < 1.29 is 13.9 Å². The van der Waals surface area contributed by atoms with Gasteiger partial charge in [0.05, 0.1) is 17.8 Å². The molecule has 150 valence electrons. The Balaban J connectivity index is 1.46. The van der Waals surface area contributed by atoms with E-state index in [1.807, 2.05) is 6.92 Å². The lowest BCUT2D eigenvalue weighted by Gasteiger charge is -2.42. The van der Waals surface area contributed by atoms with Crippen molar-refractivity contribution in [1.82, 2.24) is 15.1 Å². The van der Waals surface area contributed by atoms with E-state index in [0.717, 1.165) is 56.0 Å². The molecule has 1 atom stereocenters. The summed E-state index contributed by atoms with van der Waals surface area (Å²) in [5.74, 6) is -0.364. The number of nitrogens with one attached hydrogen (secondary N) is 1. The smallest absolute Gasteiger partial charge is 0.253 e. The molecule has 7 heteroatoms. The van der Waals surface area contributed by atoms with E-state index >= 15 is 0 Å². The molecule has 2 aliphatic rings. The lowest BCUT2D eigenvalue weighted by Crippen LogP contribution is -2.55. The summed E-state index contributed by atoms with van der Waals surface area (Å²) in [6, 6.07) is 6.13. The fourth-order valence-electron chi connectivity index (χ4n) is 4.29. The van der Waals surface area contributed by atoms with Gasteiger partial charge in [-0.05, 0) is 63.9 Å². The van der Waals surface area contributed by atoms with Crippen LogP contribution in [0.5, 0.6) is 0 Å². The van der Waals surface area contributed by atoms with Crippen LogP contribution in [0.25, 0.3) is 0 Å². The Morgan fingerprint density at radius 3 is 2.71 bits per heavy atom. The van der Waals surface area contributed by atoms with Crippen molar-refractivity contribution in [3.05, 3.63) is 47.0 Å². The van der Waals surface area contributed by atoms with Crippen molar-refractivity contribution in [2.75, 3.05) is 31.1 Å². The Morgan fingerprint density at radius 2 is 2.00 bits per heavy atom. The predicted octanol–water partition coefficient (Wildman–Crippen LogP) is 2.95. The average molecular weight is 386 g/mol. The lowest BCUT2D eigenvalue weighted by molar-refractivity contribution is -0.140. The van der Waals surface area contributed by atoms with Crippen LogP contribution in [0.1, 0.15) is 36.2 Å². The molecule has 3 heterocycles. The van der Waals surface area contributed by atoms with E-state index < -0.39 is 0 Å². The largest absolute Gasteiger partial charge is 0.363 e. The normalized spacial score (nSPS) is 24.0. The predicted molar refractivity (Wildman–Crippen MR) is 105 cm³/mol. The SMILES string of the molecule is Cc1n[nH]c(C)c1CN1CCCC2(CC1)CN(c1ccc(F)cc1)C(=O)CO2. The molecule has 6 nitrogen and oxygen atoms in total. The van der Waals surface area contributed by atoms with E-state index in [2.05, 4.69) is 22.0 Å². The number of rotatable bonds is 3. The van der Waals surface area contributed by atoms with Gasteiger partial charge in [0.2, 0.25) is 0 Å². The Morgan fingerprint density at radius 1 is 1.21 bits per heavy atom. The second-order valence-corrected chi connectivity index (χ2v) is 7.97. The Kier molecular flexibility index (Phi) is 5.21. The van der Waals surface area contributed by atoms with E-state index in [4.69, 9.17) is 4.74 Å². The highest BCUT2D eigenvalue weighted by molar-refractivity contribution is 5.95. The molecule has 2 fully saturated rings. The summed E-state index contributed by atoms with van der Waals surface area (Å²) in [7, 11) is 0. The van der Waals surface area contributed by atoms with Crippen LogP contribution in [-0.4, -0.2) is 52.8 Å². The van der Waals surface area contributed by atoms with Crippen LogP contribution in [0.4, 0.5) is 10.1 Å². The van der Waals surface area contributed by atoms with E-state index in [9.17, 15) is 9.18 Å². The van der Waals surface area contributed by atoms with Gasteiger partial charge in [0, 0.05) is 30.0 Å². The van der Waals surface area contributed by atoms with Gasteiger partial charge < -0.3 is 9.64 Å². The van der Waals surface area contributed by atoms with Gasteiger partial charge >= 0.3 is 0 Å². The number of morpholine rings is 1. The number of carbonyl (C=O) groups is 1. The maximum Gasteiger partial charge on any atom is 0.253 e. The van der Waals surface area contributed by atoms with Crippen molar-refractivity contribution >= 4 is 11.6 Å². The van der Waals surface area contributed by atoms with Crippen LogP contribution >= 0.6 is 0 Å². The van der Waals surface area contributed by atoms with Crippen molar-refractivity contribution in [3.63, 3.8) is 0 Å². The zero-order chi connectivity index (χ0) is 19.7. The van der Waals surface area contributed by atoms with Gasteiger partial charge in [0.1, 0.15) is 12.4 Å². The molecule has 1 unspecified atom stereocenters. The minimum Gasteiger partial charge on any atom is -0.363 e. The number of H-pyrrole nitrogens is 1. The summed E-state index contributed by atoms with van der Waals surface area (Å²) in [5, 5.41) is 7.36. The van der Waals surface area contributed by atoms with Gasteiger partial charge in [-0.15, -0.1) is 0 Å². The zero-order valence-electron chi connectivity index (χ0n) is 16.5. The Labute approximate surface area is 164 Å². The molecular formula is C21H27FN4O2.